The number of nitrogens with zero attached hydrogens (tertiary/aromatic N) is 1. The molecule has 0 spiro atoms. The molecular weight excluding hydrogens is 354 g/mol. The number of amides is 1. The van der Waals surface area contributed by atoms with Crippen molar-refractivity contribution in [2.75, 3.05) is 26.7 Å². The number of benzene rings is 1. The van der Waals surface area contributed by atoms with Gasteiger partial charge < -0.3 is 10.6 Å². The largest absolute Gasteiger partial charge is 0.355 e. The third-order valence-corrected chi connectivity index (χ3v) is 6.45. The van der Waals surface area contributed by atoms with Crippen LogP contribution in [0, 0.1) is 0 Å². The van der Waals surface area contributed by atoms with E-state index >= 15 is 0 Å². The third-order valence-electron chi connectivity index (χ3n) is 4.53. The van der Waals surface area contributed by atoms with Gasteiger partial charge in [-0.25, -0.2) is 8.42 Å². The molecule has 1 aromatic rings. The molecule has 0 saturated carbocycles. The maximum Gasteiger partial charge on any atom is 0.243 e. The van der Waals surface area contributed by atoms with Crippen LogP contribution in [0.4, 0.5) is 0 Å². The van der Waals surface area contributed by atoms with Crippen LogP contribution < -0.4 is 10.6 Å². The van der Waals surface area contributed by atoms with Gasteiger partial charge in [-0.05, 0) is 51.9 Å². The Balaban J connectivity index is 2.16. The van der Waals surface area contributed by atoms with Crippen LogP contribution >= 0.6 is 0 Å². The van der Waals surface area contributed by atoms with Crippen molar-refractivity contribution in [3.05, 3.63) is 29.8 Å². The molecule has 1 saturated heterocycles. The average molecular weight is 381 g/mol. The quantitative estimate of drug-likeness (QED) is 0.520. The fraction of sp³-hybridized carbons (Fsp3) is 0.556. The zero-order valence-electron chi connectivity index (χ0n) is 15.3. The topological polar surface area (TPSA) is 95.6 Å². The lowest BCUT2D eigenvalue weighted by Gasteiger charge is -2.33. The molecule has 8 heteroatoms. The number of hydrogen-bond acceptors (Lipinski definition) is 5. The van der Waals surface area contributed by atoms with E-state index in [2.05, 4.69) is 10.6 Å². The smallest absolute Gasteiger partial charge is 0.243 e. The summed E-state index contributed by atoms with van der Waals surface area (Å²) in [6, 6.07) is 5.19. The van der Waals surface area contributed by atoms with E-state index in [9.17, 15) is 18.0 Å². The van der Waals surface area contributed by atoms with Crippen molar-refractivity contribution in [3.63, 3.8) is 0 Å². The van der Waals surface area contributed by atoms with Gasteiger partial charge in [-0.15, -0.1) is 0 Å². The van der Waals surface area contributed by atoms with Crippen molar-refractivity contribution < 1.29 is 18.0 Å². The van der Waals surface area contributed by atoms with E-state index < -0.39 is 16.1 Å². The van der Waals surface area contributed by atoms with Gasteiger partial charge in [0.2, 0.25) is 15.9 Å². The SMILES string of the molecule is CNCCCNC(=O)C1CCCCN1S(=O)(=O)c1ccc(C(C)=O)cc1. The molecule has 7 nitrogen and oxygen atoms in total. The lowest BCUT2D eigenvalue weighted by molar-refractivity contribution is -0.125. The van der Waals surface area contributed by atoms with Crippen LogP contribution in [0.15, 0.2) is 29.2 Å². The molecule has 26 heavy (non-hydrogen) atoms. The first-order valence-electron chi connectivity index (χ1n) is 8.93. The minimum absolute atomic E-state index is 0.109. The summed E-state index contributed by atoms with van der Waals surface area (Å²) in [5.74, 6) is -0.365. The monoisotopic (exact) mass is 381 g/mol. The predicted octanol–water partition coefficient (Wildman–Crippen LogP) is 1.16. The second-order valence-corrected chi connectivity index (χ2v) is 8.35. The molecular formula is C18H27N3O4S. The van der Waals surface area contributed by atoms with Gasteiger partial charge >= 0.3 is 0 Å². The van der Waals surface area contributed by atoms with Gasteiger partial charge in [0.15, 0.2) is 5.78 Å². The summed E-state index contributed by atoms with van der Waals surface area (Å²) in [6.07, 6.45) is 2.86. The number of carbonyl (C=O) groups is 2. The summed E-state index contributed by atoms with van der Waals surface area (Å²) in [6.45, 7) is 3.06. The molecule has 1 heterocycles. The van der Waals surface area contributed by atoms with E-state index in [1.54, 1.807) is 0 Å². The summed E-state index contributed by atoms with van der Waals surface area (Å²) in [5, 5.41) is 5.84. The minimum atomic E-state index is -3.79. The Morgan fingerprint density at radius 3 is 2.46 bits per heavy atom. The van der Waals surface area contributed by atoms with Gasteiger partial charge in [0.05, 0.1) is 4.90 Å². The first kappa shape index (κ1) is 20.5. The zero-order valence-corrected chi connectivity index (χ0v) is 16.1. The molecule has 2 rings (SSSR count). The lowest BCUT2D eigenvalue weighted by atomic mass is 10.0. The fourth-order valence-corrected chi connectivity index (χ4v) is 4.70. The zero-order chi connectivity index (χ0) is 19.2. The average Bonchev–Trinajstić information content (AvgIpc) is 2.65. The molecule has 1 aliphatic heterocycles. The molecule has 1 fully saturated rings. The molecule has 1 atom stereocenters. The van der Waals surface area contributed by atoms with Crippen LogP contribution in [0.25, 0.3) is 0 Å². The number of sulfonamides is 1. The Labute approximate surface area is 155 Å². The van der Waals surface area contributed by atoms with E-state index in [1.165, 1.54) is 35.5 Å². The number of hydrogen-bond donors (Lipinski definition) is 2. The van der Waals surface area contributed by atoms with Crippen molar-refractivity contribution in [2.24, 2.45) is 0 Å². The summed E-state index contributed by atoms with van der Waals surface area (Å²) < 4.78 is 27.3. The second-order valence-electron chi connectivity index (χ2n) is 6.46. The van der Waals surface area contributed by atoms with Crippen molar-refractivity contribution in [2.45, 2.75) is 43.5 Å². The predicted molar refractivity (Wildman–Crippen MR) is 99.5 cm³/mol. The number of rotatable bonds is 8. The van der Waals surface area contributed by atoms with Crippen LogP contribution in [0.5, 0.6) is 0 Å². The molecule has 144 valence electrons. The normalized spacial score (nSPS) is 18.5. The fourth-order valence-electron chi connectivity index (χ4n) is 3.05. The molecule has 1 unspecified atom stereocenters. The van der Waals surface area contributed by atoms with Gasteiger partial charge in [-0.3, -0.25) is 9.59 Å². The molecule has 0 aromatic heterocycles. The van der Waals surface area contributed by atoms with Crippen LogP contribution in [0.2, 0.25) is 0 Å². The molecule has 1 aliphatic rings. The van der Waals surface area contributed by atoms with Crippen molar-refractivity contribution in [3.8, 4) is 0 Å². The van der Waals surface area contributed by atoms with Crippen molar-refractivity contribution in [1.29, 1.82) is 0 Å². The van der Waals surface area contributed by atoms with E-state index in [0.29, 0.717) is 25.1 Å². The number of ketones is 1. The van der Waals surface area contributed by atoms with Crippen molar-refractivity contribution in [1.82, 2.24) is 14.9 Å². The molecule has 0 aliphatic carbocycles. The van der Waals surface area contributed by atoms with Gasteiger partial charge in [-0.1, -0.05) is 18.6 Å². The van der Waals surface area contributed by atoms with Crippen LogP contribution in [-0.4, -0.2) is 57.1 Å². The van der Waals surface area contributed by atoms with Gasteiger partial charge in [-0.2, -0.15) is 4.31 Å². The number of carbonyl (C=O) groups excluding carboxylic acids is 2. The molecule has 0 radical (unpaired) electrons. The van der Waals surface area contributed by atoms with Gasteiger partial charge in [0, 0.05) is 18.7 Å². The highest BCUT2D eigenvalue weighted by Gasteiger charge is 2.37. The Kier molecular flexibility index (Phi) is 7.31. The molecule has 0 bridgehead atoms. The number of piperidine rings is 1. The lowest BCUT2D eigenvalue weighted by Crippen LogP contribution is -2.52. The highest BCUT2D eigenvalue weighted by Crippen LogP contribution is 2.26. The third kappa shape index (κ3) is 4.90. The Morgan fingerprint density at radius 2 is 1.85 bits per heavy atom. The maximum absolute atomic E-state index is 13.0. The summed E-state index contributed by atoms with van der Waals surface area (Å²) in [4.78, 5) is 24.0. The maximum atomic E-state index is 13.0. The highest BCUT2D eigenvalue weighted by atomic mass is 32.2. The van der Waals surface area contributed by atoms with E-state index in [-0.39, 0.29) is 16.6 Å². The first-order chi connectivity index (χ1) is 12.4. The summed E-state index contributed by atoms with van der Waals surface area (Å²) >= 11 is 0. The van der Waals surface area contributed by atoms with Crippen LogP contribution in [0.1, 0.15) is 43.0 Å². The van der Waals surface area contributed by atoms with E-state index in [4.69, 9.17) is 0 Å². The number of nitrogens with one attached hydrogen (secondary N) is 2. The van der Waals surface area contributed by atoms with Crippen LogP contribution in [-0.2, 0) is 14.8 Å². The first-order valence-corrected chi connectivity index (χ1v) is 10.4. The standard InChI is InChI=1S/C18H27N3O4S/c1-14(22)15-7-9-16(10-8-15)26(24,25)21-13-4-3-6-17(21)18(23)20-12-5-11-19-2/h7-10,17,19H,3-6,11-13H2,1-2H3,(H,20,23). The summed E-state index contributed by atoms with van der Waals surface area (Å²) in [7, 11) is -1.94. The van der Waals surface area contributed by atoms with E-state index in [1.807, 2.05) is 7.05 Å². The Bertz CT molecular complexity index is 731. The van der Waals surface area contributed by atoms with Crippen molar-refractivity contribution >= 4 is 21.7 Å². The Hall–Kier alpha value is -1.77. The van der Waals surface area contributed by atoms with Gasteiger partial charge in [0.1, 0.15) is 6.04 Å². The molecule has 1 aromatic carbocycles. The van der Waals surface area contributed by atoms with E-state index in [0.717, 1.165) is 25.8 Å². The highest BCUT2D eigenvalue weighted by molar-refractivity contribution is 7.89. The molecule has 2 N–H and O–H groups in total. The number of Topliss-reactive ketones (excluding diaryl/α,β-unsaturated/α-hetero) is 1. The second kappa shape index (κ2) is 9.25. The van der Waals surface area contributed by atoms with Crippen LogP contribution in [0.3, 0.4) is 0 Å². The minimum Gasteiger partial charge on any atom is -0.355 e. The summed E-state index contributed by atoms with van der Waals surface area (Å²) in [5.41, 5.74) is 0.460. The molecule has 1 amide bonds. The van der Waals surface area contributed by atoms with Gasteiger partial charge in [0.25, 0.3) is 0 Å². The Morgan fingerprint density at radius 1 is 1.15 bits per heavy atom.